The van der Waals surface area contributed by atoms with E-state index < -0.39 is 12.2 Å². The van der Waals surface area contributed by atoms with Crippen LogP contribution in [0.5, 0.6) is 0 Å². The first-order valence-corrected chi connectivity index (χ1v) is 8.73. The number of fused-ring (bicyclic) bond motifs is 1. The van der Waals surface area contributed by atoms with Gasteiger partial charge in [0.05, 0.1) is 28.5 Å². The molecule has 2 aromatic heterocycles. The van der Waals surface area contributed by atoms with E-state index in [4.69, 9.17) is 4.74 Å². The highest BCUT2D eigenvalue weighted by atomic mass is 19.4. The van der Waals surface area contributed by atoms with Crippen LogP contribution in [0.15, 0.2) is 48.7 Å². The average molecular weight is 390 g/mol. The Morgan fingerprint density at radius 1 is 1.07 bits per heavy atom. The summed E-state index contributed by atoms with van der Waals surface area (Å²) in [4.78, 5) is 8.93. The summed E-state index contributed by atoms with van der Waals surface area (Å²) in [6.45, 7) is 1.87. The highest BCUT2D eigenvalue weighted by molar-refractivity contribution is 5.80. The van der Waals surface area contributed by atoms with Crippen LogP contribution in [-0.4, -0.2) is 30.3 Å². The molecule has 0 spiro atoms. The van der Waals surface area contributed by atoms with Crippen LogP contribution in [-0.2, 0) is 4.74 Å². The molecule has 0 aliphatic carbocycles. The van der Waals surface area contributed by atoms with Crippen LogP contribution in [0.1, 0.15) is 30.3 Å². The molecule has 3 rings (SSSR count). The number of aromatic nitrogens is 2. The van der Waals surface area contributed by atoms with Crippen molar-refractivity contribution >= 4 is 22.4 Å². The molecule has 0 saturated heterocycles. The highest BCUT2D eigenvalue weighted by Crippen LogP contribution is 2.34. The van der Waals surface area contributed by atoms with E-state index in [-0.39, 0.29) is 11.7 Å². The lowest BCUT2D eigenvalue weighted by atomic mass is 10.1. The standard InChI is InChI=1S/C20H21F3N4O/c1-12(28-3)18-17(11-16-15(27-18)5-4-10-25-16)26-14-8-6-13(7-9-14)19(24-2)20(21,22)23/h4-12,19,24,26H,1-3H3/t12-,19-/m0/s1. The maximum absolute atomic E-state index is 13.1. The minimum absolute atomic E-state index is 0.143. The van der Waals surface area contributed by atoms with Crippen LogP contribution in [0, 0.1) is 0 Å². The Morgan fingerprint density at radius 2 is 1.79 bits per heavy atom. The Hall–Kier alpha value is -2.71. The summed E-state index contributed by atoms with van der Waals surface area (Å²) in [6.07, 6.45) is -2.96. The van der Waals surface area contributed by atoms with Gasteiger partial charge in [0.1, 0.15) is 6.04 Å². The van der Waals surface area contributed by atoms with Crippen molar-refractivity contribution in [3.05, 3.63) is 59.9 Å². The lowest BCUT2D eigenvalue weighted by molar-refractivity contribution is -0.156. The molecule has 0 saturated carbocycles. The molecular weight excluding hydrogens is 369 g/mol. The largest absolute Gasteiger partial charge is 0.407 e. The Kier molecular flexibility index (Phi) is 5.81. The fourth-order valence-electron chi connectivity index (χ4n) is 2.97. The number of hydrogen-bond donors (Lipinski definition) is 2. The van der Waals surface area contributed by atoms with Crippen molar-refractivity contribution in [1.29, 1.82) is 0 Å². The second kappa shape index (κ2) is 8.12. The first kappa shape index (κ1) is 20.0. The molecule has 2 heterocycles. The van der Waals surface area contributed by atoms with Gasteiger partial charge in [-0.15, -0.1) is 0 Å². The fraction of sp³-hybridized carbons (Fsp3) is 0.300. The van der Waals surface area contributed by atoms with Crippen LogP contribution in [0.2, 0.25) is 0 Å². The summed E-state index contributed by atoms with van der Waals surface area (Å²) < 4.78 is 44.6. The normalized spacial score (nSPS) is 14.1. The van der Waals surface area contributed by atoms with E-state index in [0.717, 1.165) is 5.52 Å². The number of methoxy groups -OCH3 is 1. The predicted molar refractivity (Wildman–Crippen MR) is 103 cm³/mol. The smallest absolute Gasteiger partial charge is 0.375 e. The monoisotopic (exact) mass is 390 g/mol. The zero-order chi connectivity index (χ0) is 20.3. The molecule has 0 aliphatic rings. The molecule has 1 aromatic carbocycles. The van der Waals surface area contributed by atoms with Crippen molar-refractivity contribution in [2.24, 2.45) is 0 Å². The summed E-state index contributed by atoms with van der Waals surface area (Å²) in [5.41, 5.74) is 3.61. The second-order valence-electron chi connectivity index (χ2n) is 6.35. The second-order valence-corrected chi connectivity index (χ2v) is 6.35. The van der Waals surface area contributed by atoms with Crippen molar-refractivity contribution in [1.82, 2.24) is 15.3 Å². The predicted octanol–water partition coefficient (Wildman–Crippen LogP) is 4.90. The summed E-state index contributed by atoms with van der Waals surface area (Å²) in [5.74, 6) is 0. The third-order valence-corrected chi connectivity index (χ3v) is 4.49. The molecule has 0 unspecified atom stereocenters. The van der Waals surface area contributed by atoms with Crippen LogP contribution < -0.4 is 10.6 Å². The zero-order valence-corrected chi connectivity index (χ0v) is 15.7. The number of nitrogens with one attached hydrogen (secondary N) is 2. The van der Waals surface area contributed by atoms with Gasteiger partial charge in [-0.1, -0.05) is 12.1 Å². The van der Waals surface area contributed by atoms with Gasteiger partial charge in [0, 0.05) is 19.0 Å². The van der Waals surface area contributed by atoms with Crippen molar-refractivity contribution in [3.63, 3.8) is 0 Å². The Balaban J connectivity index is 1.93. The molecule has 5 nitrogen and oxygen atoms in total. The molecule has 28 heavy (non-hydrogen) atoms. The van der Waals surface area contributed by atoms with E-state index in [0.29, 0.717) is 22.6 Å². The van der Waals surface area contributed by atoms with E-state index in [1.807, 2.05) is 19.1 Å². The minimum Gasteiger partial charge on any atom is -0.375 e. The number of nitrogens with zero attached hydrogens (tertiary/aromatic N) is 2. The van der Waals surface area contributed by atoms with Crippen LogP contribution in [0.4, 0.5) is 24.5 Å². The third kappa shape index (κ3) is 4.23. The number of benzene rings is 1. The van der Waals surface area contributed by atoms with Crippen LogP contribution in [0.25, 0.3) is 11.0 Å². The summed E-state index contributed by atoms with van der Waals surface area (Å²) in [7, 11) is 2.88. The number of alkyl halides is 3. The van der Waals surface area contributed by atoms with E-state index >= 15 is 0 Å². The topological polar surface area (TPSA) is 59.1 Å². The van der Waals surface area contributed by atoms with Gasteiger partial charge in [0.15, 0.2) is 0 Å². The Bertz CT molecular complexity index is 944. The number of hydrogen-bond acceptors (Lipinski definition) is 5. The van der Waals surface area contributed by atoms with Gasteiger partial charge in [0.25, 0.3) is 0 Å². The molecular formula is C20H21F3N4O. The number of ether oxygens (including phenoxy) is 1. The molecule has 2 N–H and O–H groups in total. The lowest BCUT2D eigenvalue weighted by Crippen LogP contribution is -2.31. The first-order valence-electron chi connectivity index (χ1n) is 8.73. The van der Waals surface area contributed by atoms with Crippen LogP contribution >= 0.6 is 0 Å². The zero-order valence-electron chi connectivity index (χ0n) is 15.7. The van der Waals surface area contributed by atoms with Crippen LogP contribution in [0.3, 0.4) is 0 Å². The number of anilines is 2. The molecule has 3 aromatic rings. The van der Waals surface area contributed by atoms with Gasteiger partial charge in [-0.2, -0.15) is 13.2 Å². The van der Waals surface area contributed by atoms with Gasteiger partial charge in [-0.25, -0.2) is 4.98 Å². The number of rotatable bonds is 6. The molecule has 2 atom stereocenters. The van der Waals surface area contributed by atoms with E-state index in [1.54, 1.807) is 31.5 Å². The van der Waals surface area contributed by atoms with Crippen molar-refractivity contribution in [2.45, 2.75) is 25.2 Å². The van der Waals surface area contributed by atoms with Gasteiger partial charge in [-0.3, -0.25) is 4.98 Å². The molecule has 0 amide bonds. The van der Waals surface area contributed by atoms with E-state index in [1.165, 1.54) is 19.2 Å². The van der Waals surface area contributed by atoms with Crippen molar-refractivity contribution < 1.29 is 17.9 Å². The maximum Gasteiger partial charge on any atom is 0.407 e. The first-order chi connectivity index (χ1) is 13.3. The Labute approximate surface area is 161 Å². The lowest BCUT2D eigenvalue weighted by Gasteiger charge is -2.20. The molecule has 0 bridgehead atoms. The van der Waals surface area contributed by atoms with Gasteiger partial charge in [0.2, 0.25) is 0 Å². The summed E-state index contributed by atoms with van der Waals surface area (Å²) >= 11 is 0. The number of halogens is 3. The Morgan fingerprint density at radius 3 is 2.39 bits per heavy atom. The summed E-state index contributed by atoms with van der Waals surface area (Å²) in [6, 6.07) is 9.92. The van der Waals surface area contributed by atoms with E-state index in [2.05, 4.69) is 20.6 Å². The van der Waals surface area contributed by atoms with Crippen molar-refractivity contribution in [3.8, 4) is 0 Å². The average Bonchev–Trinajstić information content (AvgIpc) is 2.67. The molecule has 8 heteroatoms. The molecule has 0 radical (unpaired) electrons. The molecule has 0 fully saturated rings. The van der Waals surface area contributed by atoms with Gasteiger partial charge in [-0.05, 0) is 49.9 Å². The quantitative estimate of drug-likeness (QED) is 0.627. The molecule has 0 aliphatic heterocycles. The number of pyridine rings is 2. The van der Waals surface area contributed by atoms with Gasteiger partial charge >= 0.3 is 6.18 Å². The van der Waals surface area contributed by atoms with E-state index in [9.17, 15) is 13.2 Å². The molecule has 148 valence electrons. The van der Waals surface area contributed by atoms with Crippen molar-refractivity contribution in [2.75, 3.05) is 19.5 Å². The fourth-order valence-corrected chi connectivity index (χ4v) is 2.97. The third-order valence-electron chi connectivity index (χ3n) is 4.49. The summed E-state index contributed by atoms with van der Waals surface area (Å²) in [5, 5.41) is 5.52. The minimum atomic E-state index is -4.36. The maximum atomic E-state index is 13.1. The highest BCUT2D eigenvalue weighted by Gasteiger charge is 2.39. The van der Waals surface area contributed by atoms with Gasteiger partial charge < -0.3 is 15.4 Å². The SMILES string of the molecule is CN[C@@H](c1ccc(Nc2cc3ncccc3nc2[C@H](C)OC)cc1)C(F)(F)F.